The largest absolute Gasteiger partial charge is 0.479 e. The highest BCUT2D eigenvalue weighted by Gasteiger charge is 2.24. The lowest BCUT2D eigenvalue weighted by Crippen LogP contribution is -2.34. The first kappa shape index (κ1) is 17.2. The van der Waals surface area contributed by atoms with Crippen molar-refractivity contribution in [3.8, 4) is 5.75 Å². The van der Waals surface area contributed by atoms with Crippen molar-refractivity contribution in [1.82, 2.24) is 0 Å². The molecule has 0 spiro atoms. The Bertz CT molecular complexity index is 576. The van der Waals surface area contributed by atoms with Gasteiger partial charge in [0.05, 0.1) is 18.9 Å². The molecule has 0 bridgehead atoms. The molecular weight excluding hydrogens is 300 g/mol. The van der Waals surface area contributed by atoms with Crippen molar-refractivity contribution in [2.24, 2.45) is 0 Å². The number of carbonyl (C=O) groups excluding carboxylic acids is 2. The molecule has 1 aliphatic heterocycles. The van der Waals surface area contributed by atoms with Crippen molar-refractivity contribution in [2.75, 3.05) is 30.5 Å². The summed E-state index contributed by atoms with van der Waals surface area (Å²) in [4.78, 5) is 23.7. The Morgan fingerprint density at radius 2 is 2.22 bits per heavy atom. The van der Waals surface area contributed by atoms with Crippen molar-refractivity contribution < 1.29 is 23.8 Å². The van der Waals surface area contributed by atoms with Gasteiger partial charge in [-0.3, -0.25) is 9.59 Å². The Balaban J connectivity index is 1.91. The van der Waals surface area contributed by atoms with E-state index in [0.717, 1.165) is 0 Å². The van der Waals surface area contributed by atoms with Crippen LogP contribution in [-0.2, 0) is 19.1 Å². The van der Waals surface area contributed by atoms with Crippen molar-refractivity contribution >= 4 is 23.2 Å². The third kappa shape index (κ3) is 4.67. The fourth-order valence-electron chi connectivity index (χ4n) is 2.03. The van der Waals surface area contributed by atoms with E-state index < -0.39 is 12.2 Å². The fraction of sp³-hybridized carbons (Fsp3) is 0.500. The minimum atomic E-state index is -0.600. The number of ether oxygens (including phenoxy) is 3. The Morgan fingerprint density at radius 3 is 2.96 bits per heavy atom. The maximum Gasteiger partial charge on any atom is 0.265 e. The maximum absolute atomic E-state index is 12.1. The maximum atomic E-state index is 12.1. The summed E-state index contributed by atoms with van der Waals surface area (Å²) in [6.07, 6.45) is -1.13. The van der Waals surface area contributed by atoms with Crippen LogP contribution in [0.25, 0.3) is 0 Å². The lowest BCUT2D eigenvalue weighted by molar-refractivity contribution is -0.127. The van der Waals surface area contributed by atoms with Crippen molar-refractivity contribution in [2.45, 2.75) is 33.0 Å². The van der Waals surface area contributed by atoms with Gasteiger partial charge in [0.25, 0.3) is 11.8 Å². The van der Waals surface area contributed by atoms with E-state index in [2.05, 4.69) is 10.6 Å². The van der Waals surface area contributed by atoms with Crippen LogP contribution in [0.2, 0.25) is 0 Å². The molecule has 1 aliphatic rings. The van der Waals surface area contributed by atoms with Gasteiger partial charge < -0.3 is 24.8 Å². The standard InChI is InChI=1S/C16H22N2O5/c1-4-21-7-8-22-10(2)15(19)17-12-5-6-14-13(9-12)18-16(20)11(3)23-14/h5-6,9-11H,4,7-8H2,1-3H3,(H,17,19)(H,18,20)/t10-,11+/m0/s1. The van der Waals surface area contributed by atoms with Gasteiger partial charge in [0, 0.05) is 12.3 Å². The lowest BCUT2D eigenvalue weighted by atomic mass is 10.2. The molecule has 0 aliphatic carbocycles. The smallest absolute Gasteiger partial charge is 0.265 e. The minimum Gasteiger partial charge on any atom is -0.479 e. The van der Waals surface area contributed by atoms with E-state index in [1.165, 1.54) is 0 Å². The number of hydrogen-bond donors (Lipinski definition) is 2. The molecule has 0 saturated carbocycles. The first-order valence-electron chi connectivity index (χ1n) is 7.63. The van der Waals surface area contributed by atoms with Crippen LogP contribution in [0.3, 0.4) is 0 Å². The summed E-state index contributed by atoms with van der Waals surface area (Å²) in [7, 11) is 0. The number of amides is 2. The van der Waals surface area contributed by atoms with Crippen molar-refractivity contribution in [1.29, 1.82) is 0 Å². The van der Waals surface area contributed by atoms with Crippen molar-refractivity contribution in [3.05, 3.63) is 18.2 Å². The molecule has 0 aromatic heterocycles. The molecule has 1 aromatic carbocycles. The fourth-order valence-corrected chi connectivity index (χ4v) is 2.03. The topological polar surface area (TPSA) is 85.9 Å². The minimum absolute atomic E-state index is 0.214. The van der Waals surface area contributed by atoms with Crippen LogP contribution in [0.1, 0.15) is 20.8 Å². The van der Waals surface area contributed by atoms with E-state index in [4.69, 9.17) is 14.2 Å². The van der Waals surface area contributed by atoms with E-state index >= 15 is 0 Å². The number of nitrogens with one attached hydrogen (secondary N) is 2. The van der Waals surface area contributed by atoms with E-state index in [0.29, 0.717) is 36.9 Å². The molecule has 7 nitrogen and oxygen atoms in total. The molecule has 0 unspecified atom stereocenters. The second-order valence-electron chi connectivity index (χ2n) is 5.16. The molecule has 126 valence electrons. The van der Waals surface area contributed by atoms with Gasteiger partial charge in [0.2, 0.25) is 0 Å². The molecule has 2 rings (SSSR count). The summed E-state index contributed by atoms with van der Waals surface area (Å²) in [5.41, 5.74) is 1.10. The summed E-state index contributed by atoms with van der Waals surface area (Å²) in [6, 6.07) is 5.08. The summed E-state index contributed by atoms with van der Waals surface area (Å²) >= 11 is 0. The number of rotatable bonds is 7. The number of fused-ring (bicyclic) bond motifs is 1. The summed E-state index contributed by atoms with van der Waals surface area (Å²) in [5, 5.41) is 5.48. The quantitative estimate of drug-likeness (QED) is 0.748. The molecule has 1 aromatic rings. The van der Waals surface area contributed by atoms with Crippen LogP contribution in [0.4, 0.5) is 11.4 Å². The van der Waals surface area contributed by atoms with Gasteiger partial charge in [0.1, 0.15) is 11.9 Å². The number of hydrogen-bond acceptors (Lipinski definition) is 5. The van der Waals surface area contributed by atoms with Crippen molar-refractivity contribution in [3.63, 3.8) is 0 Å². The van der Waals surface area contributed by atoms with E-state index in [1.807, 2.05) is 6.92 Å². The van der Waals surface area contributed by atoms with Gasteiger partial charge in [-0.05, 0) is 39.0 Å². The average molecular weight is 322 g/mol. The molecule has 2 amide bonds. The highest BCUT2D eigenvalue weighted by Crippen LogP contribution is 2.32. The van der Waals surface area contributed by atoms with Gasteiger partial charge in [0.15, 0.2) is 6.10 Å². The number of benzene rings is 1. The normalized spacial score (nSPS) is 17.7. The zero-order chi connectivity index (χ0) is 16.8. The third-order valence-electron chi connectivity index (χ3n) is 3.35. The molecule has 2 N–H and O–H groups in total. The van der Waals surface area contributed by atoms with Gasteiger partial charge >= 0.3 is 0 Å². The van der Waals surface area contributed by atoms with Crippen LogP contribution in [0.15, 0.2) is 18.2 Å². The molecule has 7 heteroatoms. The van der Waals surface area contributed by atoms with Gasteiger partial charge in [-0.25, -0.2) is 0 Å². The van der Waals surface area contributed by atoms with Gasteiger partial charge in [-0.1, -0.05) is 0 Å². The molecule has 0 saturated heterocycles. The first-order chi connectivity index (χ1) is 11.0. The Hall–Kier alpha value is -2.12. The first-order valence-corrected chi connectivity index (χ1v) is 7.63. The second-order valence-corrected chi connectivity index (χ2v) is 5.16. The average Bonchev–Trinajstić information content (AvgIpc) is 2.52. The highest BCUT2D eigenvalue weighted by molar-refractivity contribution is 5.99. The summed E-state index contributed by atoms with van der Waals surface area (Å²) in [5.74, 6) is 0.0996. The molecular formula is C16H22N2O5. The Labute approximate surface area is 135 Å². The zero-order valence-electron chi connectivity index (χ0n) is 13.5. The molecule has 0 radical (unpaired) electrons. The molecule has 1 heterocycles. The SMILES string of the molecule is CCOCCO[C@@H](C)C(=O)Nc1ccc2c(c1)NC(=O)[C@@H](C)O2. The zero-order valence-corrected chi connectivity index (χ0v) is 13.5. The number of carbonyl (C=O) groups is 2. The lowest BCUT2D eigenvalue weighted by Gasteiger charge is -2.24. The van der Waals surface area contributed by atoms with Crippen LogP contribution in [0, 0.1) is 0 Å². The molecule has 2 atom stereocenters. The van der Waals surface area contributed by atoms with E-state index in [9.17, 15) is 9.59 Å². The van der Waals surface area contributed by atoms with Crippen LogP contribution >= 0.6 is 0 Å². The van der Waals surface area contributed by atoms with Gasteiger partial charge in [-0.15, -0.1) is 0 Å². The highest BCUT2D eigenvalue weighted by atomic mass is 16.5. The van der Waals surface area contributed by atoms with E-state index in [-0.39, 0.29) is 11.8 Å². The summed E-state index contributed by atoms with van der Waals surface area (Å²) < 4.78 is 16.0. The van der Waals surface area contributed by atoms with E-state index in [1.54, 1.807) is 32.0 Å². The Kier molecular flexibility index (Phi) is 5.95. The van der Waals surface area contributed by atoms with Crippen LogP contribution < -0.4 is 15.4 Å². The summed E-state index contributed by atoms with van der Waals surface area (Å²) in [6.45, 7) is 6.67. The number of anilines is 2. The van der Waals surface area contributed by atoms with Crippen LogP contribution in [0.5, 0.6) is 5.75 Å². The third-order valence-corrected chi connectivity index (χ3v) is 3.35. The van der Waals surface area contributed by atoms with Crippen LogP contribution in [-0.4, -0.2) is 43.8 Å². The second kappa shape index (κ2) is 7.94. The molecule has 0 fully saturated rings. The Morgan fingerprint density at radius 1 is 1.43 bits per heavy atom. The predicted octanol–water partition coefficient (Wildman–Crippen LogP) is 1.79. The molecule has 23 heavy (non-hydrogen) atoms. The van der Waals surface area contributed by atoms with Gasteiger partial charge in [-0.2, -0.15) is 0 Å². The monoisotopic (exact) mass is 322 g/mol. The predicted molar refractivity (Wildman–Crippen MR) is 85.7 cm³/mol.